The molecule has 1 spiro atoms. The molecule has 108 valence electrons. The van der Waals surface area contributed by atoms with Crippen LogP contribution >= 0.6 is 11.8 Å². The lowest BCUT2D eigenvalue weighted by Gasteiger charge is -2.36. The SMILES string of the molecule is COC1CCCC1N=C1NC2(CCCC(C)C2)CS1. The maximum atomic E-state index is 5.54. The van der Waals surface area contributed by atoms with Crippen molar-refractivity contribution in [2.24, 2.45) is 10.9 Å². The smallest absolute Gasteiger partial charge is 0.157 e. The van der Waals surface area contributed by atoms with Crippen molar-refractivity contribution >= 4 is 16.9 Å². The van der Waals surface area contributed by atoms with Gasteiger partial charge in [0.2, 0.25) is 0 Å². The molecule has 1 heterocycles. The zero-order chi connectivity index (χ0) is 13.3. The minimum atomic E-state index is 0.344. The lowest BCUT2D eigenvalue weighted by atomic mass is 9.78. The first-order valence-electron chi connectivity index (χ1n) is 7.72. The Morgan fingerprint density at radius 3 is 3.00 bits per heavy atom. The van der Waals surface area contributed by atoms with E-state index in [-0.39, 0.29) is 0 Å². The van der Waals surface area contributed by atoms with Crippen LogP contribution in [0.25, 0.3) is 0 Å². The predicted octanol–water partition coefficient (Wildman–Crippen LogP) is 3.20. The third-order valence-corrected chi connectivity index (χ3v) is 6.13. The molecule has 0 radical (unpaired) electrons. The molecule has 4 unspecified atom stereocenters. The van der Waals surface area contributed by atoms with E-state index in [4.69, 9.17) is 9.73 Å². The summed E-state index contributed by atoms with van der Waals surface area (Å²) < 4.78 is 5.54. The van der Waals surface area contributed by atoms with Gasteiger partial charge in [-0.15, -0.1) is 0 Å². The van der Waals surface area contributed by atoms with Crippen molar-refractivity contribution in [2.45, 2.75) is 69.6 Å². The van der Waals surface area contributed by atoms with Gasteiger partial charge in [0.05, 0.1) is 12.1 Å². The molecule has 0 aromatic carbocycles. The summed E-state index contributed by atoms with van der Waals surface area (Å²) in [7, 11) is 1.82. The fourth-order valence-electron chi connectivity index (χ4n) is 3.96. The van der Waals surface area contributed by atoms with Gasteiger partial charge in [-0.25, -0.2) is 0 Å². The zero-order valence-corrected chi connectivity index (χ0v) is 13.0. The Morgan fingerprint density at radius 1 is 1.32 bits per heavy atom. The van der Waals surface area contributed by atoms with Gasteiger partial charge in [-0.1, -0.05) is 31.5 Å². The van der Waals surface area contributed by atoms with Gasteiger partial charge in [0.1, 0.15) is 0 Å². The summed E-state index contributed by atoms with van der Waals surface area (Å²) in [6.45, 7) is 2.39. The normalized spacial score (nSPS) is 44.9. The Bertz CT molecular complexity index is 360. The van der Waals surface area contributed by atoms with Crippen LogP contribution in [0.3, 0.4) is 0 Å². The standard InChI is InChI=1S/C15H26N2OS/c1-11-5-4-8-15(9-11)10-19-14(17-15)16-12-6-3-7-13(12)18-2/h11-13H,3-10H2,1-2H3,(H,16,17). The Labute approximate surface area is 121 Å². The number of methoxy groups -OCH3 is 1. The van der Waals surface area contributed by atoms with E-state index < -0.39 is 0 Å². The predicted molar refractivity (Wildman–Crippen MR) is 81.8 cm³/mol. The molecule has 1 saturated heterocycles. The molecule has 0 bridgehead atoms. The van der Waals surface area contributed by atoms with E-state index in [1.807, 2.05) is 18.9 Å². The number of thioether (sulfide) groups is 1. The molecule has 0 aromatic heterocycles. The van der Waals surface area contributed by atoms with Crippen molar-refractivity contribution in [1.82, 2.24) is 5.32 Å². The molecule has 4 atom stereocenters. The molecule has 3 rings (SSSR count). The van der Waals surface area contributed by atoms with Crippen molar-refractivity contribution in [3.05, 3.63) is 0 Å². The molecule has 1 N–H and O–H groups in total. The molecule has 0 aromatic rings. The lowest BCUT2D eigenvalue weighted by molar-refractivity contribution is 0.0965. The summed E-state index contributed by atoms with van der Waals surface area (Å²) in [5.74, 6) is 2.07. The average Bonchev–Trinajstić information content (AvgIpc) is 2.97. The largest absolute Gasteiger partial charge is 0.379 e. The second-order valence-electron chi connectivity index (χ2n) is 6.60. The minimum absolute atomic E-state index is 0.344. The molecule has 3 aliphatic rings. The van der Waals surface area contributed by atoms with Gasteiger partial charge >= 0.3 is 0 Å². The molecule has 19 heavy (non-hydrogen) atoms. The summed E-state index contributed by atoms with van der Waals surface area (Å²) in [5.41, 5.74) is 0.350. The van der Waals surface area contributed by atoms with Crippen LogP contribution in [0, 0.1) is 5.92 Å². The maximum absolute atomic E-state index is 5.54. The Morgan fingerprint density at radius 2 is 2.21 bits per heavy atom. The van der Waals surface area contributed by atoms with E-state index in [9.17, 15) is 0 Å². The molecular weight excluding hydrogens is 256 g/mol. The highest BCUT2D eigenvalue weighted by Crippen LogP contribution is 2.39. The van der Waals surface area contributed by atoms with Gasteiger partial charge in [0.15, 0.2) is 5.17 Å². The van der Waals surface area contributed by atoms with E-state index in [1.54, 1.807) is 0 Å². The molecule has 3 fully saturated rings. The summed E-state index contributed by atoms with van der Waals surface area (Å²) in [4.78, 5) is 4.95. The van der Waals surface area contributed by atoms with Gasteiger partial charge in [-0.3, -0.25) is 4.99 Å². The molecule has 4 heteroatoms. The molecule has 2 aliphatic carbocycles. The average molecular weight is 282 g/mol. The first kappa shape index (κ1) is 13.7. The third kappa shape index (κ3) is 2.94. The minimum Gasteiger partial charge on any atom is -0.379 e. The first-order chi connectivity index (χ1) is 9.21. The second-order valence-corrected chi connectivity index (χ2v) is 7.57. The summed E-state index contributed by atoms with van der Waals surface area (Å²) >= 11 is 1.93. The van der Waals surface area contributed by atoms with Gasteiger partial charge < -0.3 is 10.1 Å². The molecule has 3 nitrogen and oxygen atoms in total. The van der Waals surface area contributed by atoms with Crippen molar-refractivity contribution in [3.8, 4) is 0 Å². The Hall–Kier alpha value is -0.220. The fraction of sp³-hybridized carbons (Fsp3) is 0.933. The van der Waals surface area contributed by atoms with E-state index >= 15 is 0 Å². The quantitative estimate of drug-likeness (QED) is 0.844. The van der Waals surface area contributed by atoms with Crippen molar-refractivity contribution in [3.63, 3.8) is 0 Å². The van der Waals surface area contributed by atoms with Crippen LogP contribution < -0.4 is 5.32 Å². The number of amidine groups is 1. The van der Waals surface area contributed by atoms with E-state index in [2.05, 4.69) is 12.2 Å². The number of nitrogens with zero attached hydrogens (tertiary/aromatic N) is 1. The highest BCUT2D eigenvalue weighted by Gasteiger charge is 2.41. The van der Waals surface area contributed by atoms with Crippen LogP contribution in [-0.4, -0.2) is 35.7 Å². The van der Waals surface area contributed by atoms with Crippen molar-refractivity contribution < 1.29 is 4.74 Å². The van der Waals surface area contributed by atoms with Gasteiger partial charge in [-0.05, 0) is 38.0 Å². The number of nitrogens with one attached hydrogen (secondary N) is 1. The van der Waals surface area contributed by atoms with E-state index in [0.717, 1.165) is 5.92 Å². The second kappa shape index (κ2) is 5.65. The summed E-state index contributed by atoms with van der Waals surface area (Å²) in [5, 5.41) is 4.95. The van der Waals surface area contributed by atoms with Gasteiger partial charge in [0, 0.05) is 18.4 Å². The van der Waals surface area contributed by atoms with Crippen molar-refractivity contribution in [1.29, 1.82) is 0 Å². The molecule has 2 saturated carbocycles. The molecule has 1 aliphatic heterocycles. The lowest BCUT2D eigenvalue weighted by Crippen LogP contribution is -2.47. The van der Waals surface area contributed by atoms with Gasteiger partial charge in [0.25, 0.3) is 0 Å². The monoisotopic (exact) mass is 282 g/mol. The van der Waals surface area contributed by atoms with Crippen LogP contribution in [-0.2, 0) is 4.74 Å². The Kier molecular flexibility index (Phi) is 4.08. The van der Waals surface area contributed by atoms with Gasteiger partial charge in [-0.2, -0.15) is 0 Å². The number of rotatable bonds is 2. The highest BCUT2D eigenvalue weighted by molar-refractivity contribution is 8.14. The third-order valence-electron chi connectivity index (χ3n) is 4.95. The summed E-state index contributed by atoms with van der Waals surface area (Å²) in [6, 6.07) is 0.385. The highest BCUT2D eigenvalue weighted by atomic mass is 32.2. The Balaban J connectivity index is 1.65. The van der Waals surface area contributed by atoms with E-state index in [1.165, 1.54) is 55.9 Å². The van der Waals surface area contributed by atoms with E-state index in [0.29, 0.717) is 17.7 Å². The number of hydrogen-bond acceptors (Lipinski definition) is 3. The molecular formula is C15H26N2OS. The number of ether oxygens (including phenoxy) is 1. The number of hydrogen-bond donors (Lipinski definition) is 1. The van der Waals surface area contributed by atoms with Crippen LogP contribution in [0.15, 0.2) is 4.99 Å². The van der Waals surface area contributed by atoms with Crippen LogP contribution in [0.5, 0.6) is 0 Å². The van der Waals surface area contributed by atoms with Crippen LogP contribution in [0.4, 0.5) is 0 Å². The maximum Gasteiger partial charge on any atom is 0.157 e. The number of aliphatic imine (C=N–C) groups is 1. The summed E-state index contributed by atoms with van der Waals surface area (Å²) in [6.07, 6.45) is 9.36. The first-order valence-corrected chi connectivity index (χ1v) is 8.71. The topological polar surface area (TPSA) is 33.6 Å². The molecule has 0 amide bonds. The van der Waals surface area contributed by atoms with Crippen LogP contribution in [0.2, 0.25) is 0 Å². The fourth-order valence-corrected chi connectivity index (χ4v) is 5.21. The van der Waals surface area contributed by atoms with Crippen LogP contribution in [0.1, 0.15) is 51.9 Å². The zero-order valence-electron chi connectivity index (χ0n) is 12.2. The van der Waals surface area contributed by atoms with Crippen molar-refractivity contribution in [2.75, 3.05) is 12.9 Å².